The predicted octanol–water partition coefficient (Wildman–Crippen LogP) is 4.91. The van der Waals surface area contributed by atoms with Crippen LogP contribution in [0.3, 0.4) is 0 Å². The molecule has 6 nitrogen and oxygen atoms in total. The molecule has 0 saturated carbocycles. The summed E-state index contributed by atoms with van der Waals surface area (Å²) in [5.41, 5.74) is 3.76. The predicted molar refractivity (Wildman–Crippen MR) is 114 cm³/mol. The van der Waals surface area contributed by atoms with Crippen molar-refractivity contribution in [3.8, 4) is 0 Å². The second-order valence-electron chi connectivity index (χ2n) is 8.44. The fourth-order valence-corrected chi connectivity index (χ4v) is 3.91. The number of ether oxygens (including phenoxy) is 1. The van der Waals surface area contributed by atoms with Gasteiger partial charge in [0, 0.05) is 23.8 Å². The molecule has 1 unspecified atom stereocenters. The number of imidazole rings is 1. The van der Waals surface area contributed by atoms with Crippen LogP contribution in [0.2, 0.25) is 0 Å². The Morgan fingerprint density at radius 3 is 2.66 bits per heavy atom. The maximum absolute atomic E-state index is 12.9. The van der Waals surface area contributed by atoms with E-state index in [1.165, 1.54) is 0 Å². The van der Waals surface area contributed by atoms with Crippen molar-refractivity contribution in [2.75, 3.05) is 0 Å². The van der Waals surface area contributed by atoms with E-state index >= 15 is 0 Å². The molecule has 0 amide bonds. The Hall–Kier alpha value is -3.15. The van der Waals surface area contributed by atoms with Crippen molar-refractivity contribution in [2.24, 2.45) is 0 Å². The fraction of sp³-hybridized carbons (Fsp3) is 0.348. The summed E-state index contributed by atoms with van der Waals surface area (Å²) in [6.45, 7) is 10.5. The second-order valence-corrected chi connectivity index (χ2v) is 8.44. The number of carbonyl (C=O) groups excluding carboxylic acids is 1. The lowest BCUT2D eigenvalue weighted by molar-refractivity contribution is 0.00707. The second kappa shape index (κ2) is 7.03. The molecule has 3 heterocycles. The standard InChI is InChI=1S/C23H26N4O2/c1-15(13-26-14-25-18-10-6-7-11-19(18)26)27-16(2)20(22(28)29-23(3,4)5)17-9-8-12-24-21(17)27/h6-12,14-15H,13H2,1-5H3. The van der Waals surface area contributed by atoms with Crippen LogP contribution in [0.5, 0.6) is 0 Å². The maximum atomic E-state index is 12.9. The number of hydrogen-bond acceptors (Lipinski definition) is 4. The summed E-state index contributed by atoms with van der Waals surface area (Å²) in [7, 11) is 0. The summed E-state index contributed by atoms with van der Waals surface area (Å²) in [4.78, 5) is 22.0. The number of rotatable bonds is 4. The minimum atomic E-state index is -0.554. The van der Waals surface area contributed by atoms with E-state index in [1.54, 1.807) is 6.20 Å². The summed E-state index contributed by atoms with van der Waals surface area (Å²) in [6.07, 6.45) is 3.63. The van der Waals surface area contributed by atoms with Crippen molar-refractivity contribution in [3.05, 3.63) is 60.2 Å². The highest BCUT2D eigenvalue weighted by Gasteiger charge is 2.27. The van der Waals surface area contributed by atoms with Crippen molar-refractivity contribution in [2.45, 2.75) is 52.8 Å². The number of benzene rings is 1. The van der Waals surface area contributed by atoms with Crippen LogP contribution in [0, 0.1) is 6.92 Å². The smallest absolute Gasteiger partial charge is 0.341 e. The molecule has 150 valence electrons. The molecular formula is C23H26N4O2. The van der Waals surface area contributed by atoms with Gasteiger partial charge < -0.3 is 13.9 Å². The van der Waals surface area contributed by atoms with Crippen molar-refractivity contribution < 1.29 is 9.53 Å². The zero-order valence-electron chi connectivity index (χ0n) is 17.5. The molecule has 0 aliphatic heterocycles. The molecule has 0 saturated heterocycles. The molecule has 4 aromatic rings. The van der Waals surface area contributed by atoms with E-state index in [2.05, 4.69) is 32.1 Å². The summed E-state index contributed by atoms with van der Waals surface area (Å²) in [5, 5.41) is 0.821. The number of pyridine rings is 1. The van der Waals surface area contributed by atoms with Gasteiger partial charge in [-0.15, -0.1) is 0 Å². The van der Waals surface area contributed by atoms with Gasteiger partial charge in [0.25, 0.3) is 0 Å². The van der Waals surface area contributed by atoms with E-state index in [0.29, 0.717) is 5.56 Å². The molecule has 0 fully saturated rings. The average molecular weight is 390 g/mol. The van der Waals surface area contributed by atoms with Crippen LogP contribution < -0.4 is 0 Å². The van der Waals surface area contributed by atoms with Gasteiger partial charge in [0.1, 0.15) is 11.2 Å². The third-order valence-corrected chi connectivity index (χ3v) is 5.04. The van der Waals surface area contributed by atoms with Gasteiger partial charge in [-0.1, -0.05) is 12.1 Å². The topological polar surface area (TPSA) is 61.9 Å². The van der Waals surface area contributed by atoms with Crippen LogP contribution in [0.25, 0.3) is 22.1 Å². The monoisotopic (exact) mass is 390 g/mol. The Bertz CT molecular complexity index is 1200. The first-order valence-electron chi connectivity index (χ1n) is 9.85. The fourth-order valence-electron chi connectivity index (χ4n) is 3.91. The Morgan fingerprint density at radius 2 is 1.90 bits per heavy atom. The number of fused-ring (bicyclic) bond motifs is 2. The van der Waals surface area contributed by atoms with Crippen LogP contribution in [0.15, 0.2) is 48.9 Å². The van der Waals surface area contributed by atoms with Crippen molar-refractivity contribution >= 4 is 28.0 Å². The zero-order valence-corrected chi connectivity index (χ0v) is 17.5. The van der Waals surface area contributed by atoms with Crippen molar-refractivity contribution in [3.63, 3.8) is 0 Å². The first-order chi connectivity index (χ1) is 13.8. The summed E-state index contributed by atoms with van der Waals surface area (Å²) in [5.74, 6) is -0.313. The average Bonchev–Trinajstić information content (AvgIpc) is 3.18. The highest BCUT2D eigenvalue weighted by molar-refractivity contribution is 6.05. The number of hydrogen-bond donors (Lipinski definition) is 0. The minimum Gasteiger partial charge on any atom is -0.456 e. The highest BCUT2D eigenvalue weighted by Crippen LogP contribution is 2.30. The molecule has 1 aromatic carbocycles. The Balaban J connectivity index is 1.77. The van der Waals surface area contributed by atoms with E-state index in [0.717, 1.165) is 34.3 Å². The van der Waals surface area contributed by atoms with E-state index < -0.39 is 5.60 Å². The van der Waals surface area contributed by atoms with Gasteiger partial charge in [0.2, 0.25) is 0 Å². The Kier molecular flexibility index (Phi) is 4.65. The molecular weight excluding hydrogens is 364 g/mol. The van der Waals surface area contributed by atoms with Gasteiger partial charge in [-0.05, 0) is 58.9 Å². The first kappa shape index (κ1) is 19.2. The van der Waals surface area contributed by atoms with E-state index in [1.807, 2.05) is 64.4 Å². The van der Waals surface area contributed by atoms with Crippen molar-refractivity contribution in [1.82, 2.24) is 19.1 Å². The third kappa shape index (κ3) is 3.50. The van der Waals surface area contributed by atoms with Crippen LogP contribution >= 0.6 is 0 Å². The number of esters is 1. The van der Waals surface area contributed by atoms with Crippen LogP contribution in [-0.4, -0.2) is 30.7 Å². The van der Waals surface area contributed by atoms with Crippen LogP contribution in [-0.2, 0) is 11.3 Å². The molecule has 6 heteroatoms. The van der Waals surface area contributed by atoms with Gasteiger partial charge in [-0.3, -0.25) is 0 Å². The minimum absolute atomic E-state index is 0.0705. The molecule has 3 aromatic heterocycles. The quantitative estimate of drug-likeness (QED) is 0.465. The lowest BCUT2D eigenvalue weighted by Crippen LogP contribution is -2.24. The van der Waals surface area contributed by atoms with Crippen LogP contribution in [0.4, 0.5) is 0 Å². The van der Waals surface area contributed by atoms with E-state index in [-0.39, 0.29) is 12.0 Å². The van der Waals surface area contributed by atoms with Gasteiger partial charge in [0.15, 0.2) is 0 Å². The number of aromatic nitrogens is 4. The Labute approximate surface area is 170 Å². The maximum Gasteiger partial charge on any atom is 0.341 e. The largest absolute Gasteiger partial charge is 0.456 e. The first-order valence-corrected chi connectivity index (χ1v) is 9.85. The summed E-state index contributed by atoms with van der Waals surface area (Å²) in [6, 6.07) is 11.9. The number of nitrogens with zero attached hydrogens (tertiary/aromatic N) is 4. The summed E-state index contributed by atoms with van der Waals surface area (Å²) >= 11 is 0. The lowest BCUT2D eigenvalue weighted by Gasteiger charge is -2.20. The van der Waals surface area contributed by atoms with Gasteiger partial charge >= 0.3 is 5.97 Å². The van der Waals surface area contributed by atoms with Gasteiger partial charge in [-0.2, -0.15) is 0 Å². The van der Waals surface area contributed by atoms with Crippen LogP contribution in [0.1, 0.15) is 49.8 Å². The number of carbonyl (C=O) groups is 1. The molecule has 1 atom stereocenters. The zero-order chi connectivity index (χ0) is 20.8. The molecule has 0 aliphatic rings. The van der Waals surface area contributed by atoms with Crippen molar-refractivity contribution in [1.29, 1.82) is 0 Å². The molecule has 0 spiro atoms. The number of para-hydroxylation sites is 2. The molecule has 0 N–H and O–H groups in total. The van der Waals surface area contributed by atoms with E-state index in [4.69, 9.17) is 4.74 Å². The normalized spacial score (nSPS) is 13.1. The van der Waals surface area contributed by atoms with E-state index in [9.17, 15) is 4.79 Å². The molecule has 4 rings (SSSR count). The highest BCUT2D eigenvalue weighted by atomic mass is 16.6. The summed E-state index contributed by atoms with van der Waals surface area (Å²) < 4.78 is 9.94. The SMILES string of the molecule is Cc1c(C(=O)OC(C)(C)C)c2cccnc2n1C(C)Cn1cnc2ccccc21. The Morgan fingerprint density at radius 1 is 1.14 bits per heavy atom. The molecule has 0 radical (unpaired) electrons. The lowest BCUT2D eigenvalue weighted by atomic mass is 10.1. The van der Waals surface area contributed by atoms with Gasteiger partial charge in [-0.25, -0.2) is 14.8 Å². The molecule has 0 aliphatic carbocycles. The molecule has 29 heavy (non-hydrogen) atoms. The molecule has 0 bridgehead atoms. The third-order valence-electron chi connectivity index (χ3n) is 5.04. The van der Waals surface area contributed by atoms with Gasteiger partial charge in [0.05, 0.1) is 29.0 Å².